The summed E-state index contributed by atoms with van der Waals surface area (Å²) < 4.78 is 141. The number of nitrogens with zero attached hydrogens (tertiary/aromatic N) is 5. The molecule has 12 rings (SSSR count). The molecule has 0 fully saturated rings. The Bertz CT molecular complexity index is 3910. The summed E-state index contributed by atoms with van der Waals surface area (Å²) in [6, 6.07) is 21.7. The molecule has 0 aliphatic carbocycles. The maximum atomic E-state index is 9.57. The molecule has 5 nitrogen and oxygen atoms in total. The summed E-state index contributed by atoms with van der Waals surface area (Å²) in [5.41, 5.74) is 5.67. The second-order valence-electron chi connectivity index (χ2n) is 14.4. The summed E-state index contributed by atoms with van der Waals surface area (Å²) in [4.78, 5) is 15.8. The van der Waals surface area contributed by atoms with Gasteiger partial charge in [-0.15, -0.1) is 0 Å². The topological polar surface area (TPSA) is 48.5 Å². The summed E-state index contributed by atoms with van der Waals surface area (Å²) in [6.07, 6.45) is 1.32. The van der Waals surface area contributed by atoms with Gasteiger partial charge in [0, 0.05) is 27.1 Å². The third-order valence-electron chi connectivity index (χ3n) is 11.4. The molecule has 0 saturated carbocycles. The van der Waals surface area contributed by atoms with E-state index in [0.29, 0.717) is 12.8 Å². The van der Waals surface area contributed by atoms with Crippen molar-refractivity contribution in [3.05, 3.63) is 211 Å². The second-order valence-corrected chi connectivity index (χ2v) is 18.0. The van der Waals surface area contributed by atoms with Crippen LogP contribution >= 0.6 is 0 Å². The van der Waals surface area contributed by atoms with E-state index in [0.717, 1.165) is 54.7 Å². The van der Waals surface area contributed by atoms with E-state index in [1.54, 1.807) is 12.1 Å². The zero-order valence-corrected chi connectivity index (χ0v) is 32.0. The number of aryl methyl sites for hydroxylation is 2. The molecular formula is C53H37N5Si. The minimum Gasteiger partial charge on any atom is -0.277 e. The van der Waals surface area contributed by atoms with Crippen LogP contribution in [0.15, 0.2) is 200 Å². The number of benzene rings is 8. The second kappa shape index (κ2) is 13.3. The van der Waals surface area contributed by atoms with Crippen molar-refractivity contribution in [2.45, 2.75) is 12.8 Å². The highest BCUT2D eigenvalue weighted by atomic mass is 28.3. The summed E-state index contributed by atoms with van der Waals surface area (Å²) in [7, 11) is -5.45. The van der Waals surface area contributed by atoms with Crippen LogP contribution in [-0.2, 0) is 12.8 Å². The first kappa shape index (κ1) is 21.9. The van der Waals surface area contributed by atoms with Gasteiger partial charge >= 0.3 is 0 Å². The van der Waals surface area contributed by atoms with Gasteiger partial charge in [-0.05, 0) is 56.8 Å². The van der Waals surface area contributed by atoms with Gasteiger partial charge in [0.25, 0.3) is 0 Å². The van der Waals surface area contributed by atoms with E-state index in [2.05, 4.69) is 24.3 Å². The van der Waals surface area contributed by atoms with Crippen LogP contribution in [0.5, 0.6) is 0 Å². The molecular weight excluding hydrogens is 735 g/mol. The zero-order valence-electron chi connectivity index (χ0n) is 46.0. The van der Waals surface area contributed by atoms with Gasteiger partial charge in [-0.1, -0.05) is 188 Å². The standard InChI is InChI=1S/C53H37N5Si/c1-4-20-39(21-5-1)59(40-22-6-2-7-23-40,41-24-8-3-9-25-41)42-26-14-19-38(35-42)51-54-52-56-53(55-51)58-48-32-13-11-28-44(48)46-30-16-18-37(50(46)58)34-33-36-17-15-29-45-43-27-10-12-31-47(43)57(52)49(36)45/h1-32,35H,33-34H2/i1D,2D,3D,4D,5D,6D,7D,8D,9D,20D,21D,22D,23D,24D,25D. The molecule has 4 heterocycles. The van der Waals surface area contributed by atoms with Crippen LogP contribution < -0.4 is 20.7 Å². The first-order valence-electron chi connectivity index (χ1n) is 26.6. The molecule has 0 spiro atoms. The van der Waals surface area contributed by atoms with E-state index in [1.807, 2.05) is 69.8 Å². The molecule has 59 heavy (non-hydrogen) atoms. The van der Waals surface area contributed by atoms with Crippen LogP contribution in [0.3, 0.4) is 0 Å². The van der Waals surface area contributed by atoms with Crippen molar-refractivity contribution < 1.29 is 20.6 Å². The number of aromatic nitrogens is 5. The van der Waals surface area contributed by atoms with Gasteiger partial charge in [0.05, 0.1) is 42.6 Å². The molecule has 6 heteroatoms. The van der Waals surface area contributed by atoms with E-state index in [-0.39, 0.29) is 28.5 Å². The fourth-order valence-corrected chi connectivity index (χ4v) is 12.8. The maximum Gasteiger partial charge on any atom is 0.240 e. The summed E-state index contributed by atoms with van der Waals surface area (Å²) in [5.74, 6) is 0.512. The van der Waals surface area contributed by atoms with Crippen LogP contribution in [0.1, 0.15) is 31.7 Å². The van der Waals surface area contributed by atoms with Crippen LogP contribution in [0, 0.1) is 0 Å². The van der Waals surface area contributed by atoms with Crippen molar-refractivity contribution in [2.24, 2.45) is 0 Å². The molecule has 1 aliphatic rings. The highest BCUT2D eigenvalue weighted by molar-refractivity contribution is 7.19. The predicted molar refractivity (Wildman–Crippen MR) is 245 cm³/mol. The van der Waals surface area contributed by atoms with E-state index in [4.69, 9.17) is 27.3 Å². The molecule has 0 atom stereocenters. The average Bonchev–Trinajstić information content (AvgIpc) is 3.95. The highest BCUT2D eigenvalue weighted by Gasteiger charge is 2.41. The lowest BCUT2D eigenvalue weighted by Gasteiger charge is -2.34. The van der Waals surface area contributed by atoms with Crippen LogP contribution in [0.4, 0.5) is 0 Å². The first-order valence-corrected chi connectivity index (χ1v) is 21.1. The Morgan fingerprint density at radius 3 is 1.36 bits per heavy atom. The van der Waals surface area contributed by atoms with E-state index in [9.17, 15) is 8.22 Å². The van der Waals surface area contributed by atoms with Crippen molar-refractivity contribution in [1.82, 2.24) is 24.1 Å². The Morgan fingerprint density at radius 1 is 0.424 bits per heavy atom. The summed E-state index contributed by atoms with van der Waals surface area (Å²) in [5, 5.41) is 2.00. The maximum absolute atomic E-state index is 9.57. The summed E-state index contributed by atoms with van der Waals surface area (Å²) in [6.45, 7) is 0. The van der Waals surface area contributed by atoms with Gasteiger partial charge in [-0.25, -0.2) is 0 Å². The molecule has 278 valence electrons. The van der Waals surface area contributed by atoms with Gasteiger partial charge in [0.15, 0.2) is 13.9 Å². The van der Waals surface area contributed by atoms with Gasteiger partial charge in [0.1, 0.15) is 0 Å². The zero-order chi connectivity index (χ0) is 52.0. The smallest absolute Gasteiger partial charge is 0.240 e. The Balaban J connectivity index is 1.27. The molecule has 11 aromatic rings. The first-order chi connectivity index (χ1) is 35.5. The number of hydrogen-bond acceptors (Lipinski definition) is 3. The fourth-order valence-electron chi connectivity index (χ4n) is 8.96. The van der Waals surface area contributed by atoms with E-state index < -0.39 is 114 Å². The normalized spacial score (nSPS) is 16.2. The minimum atomic E-state index is -5.45. The molecule has 1 aliphatic heterocycles. The SMILES string of the molecule is [2H]c1c([2H])c([2H])c([Si](c2cccc(-c3nc4nc(n3)-n3c5ccccc5c5cccc(c53)CCc3cccc5c6ccccc6n-4c35)c2)(c2c([2H])c([2H])c([2H])c([2H])c2[2H])c2c([2H])c([2H])c([2H])c([2H])c2[2H])c([2H])c1[2H]. The third kappa shape index (κ3) is 5.06. The Hall–Kier alpha value is -7.41. The Morgan fingerprint density at radius 2 is 0.864 bits per heavy atom. The lowest BCUT2D eigenvalue weighted by molar-refractivity contribution is 0.892. The molecule has 3 aromatic heterocycles. The van der Waals surface area contributed by atoms with E-state index >= 15 is 0 Å². The van der Waals surface area contributed by atoms with Crippen molar-refractivity contribution in [1.29, 1.82) is 0 Å². The van der Waals surface area contributed by atoms with Crippen LogP contribution in [0.25, 0.3) is 66.9 Å². The number of rotatable bonds is 5. The van der Waals surface area contributed by atoms with Gasteiger partial charge < -0.3 is 0 Å². The summed E-state index contributed by atoms with van der Waals surface area (Å²) >= 11 is 0. The fraction of sp³-hybridized carbons (Fsp3) is 0.0377. The number of para-hydroxylation sites is 4. The lowest BCUT2D eigenvalue weighted by Crippen LogP contribution is -2.74. The van der Waals surface area contributed by atoms with Crippen molar-refractivity contribution in [3.63, 3.8) is 0 Å². The lowest BCUT2D eigenvalue weighted by atomic mass is 10.00. The molecule has 8 aromatic carbocycles. The van der Waals surface area contributed by atoms with Crippen molar-refractivity contribution in [2.75, 3.05) is 0 Å². The molecule has 0 amide bonds. The predicted octanol–water partition coefficient (Wildman–Crippen LogP) is 9.21. The van der Waals surface area contributed by atoms with Crippen molar-refractivity contribution >= 4 is 72.4 Å². The van der Waals surface area contributed by atoms with Crippen LogP contribution in [-0.4, -0.2) is 32.2 Å². The molecule has 0 N–H and O–H groups in total. The van der Waals surface area contributed by atoms with Gasteiger partial charge in [0.2, 0.25) is 11.9 Å². The largest absolute Gasteiger partial charge is 0.277 e. The molecule has 0 unspecified atom stereocenters. The van der Waals surface area contributed by atoms with Gasteiger partial charge in [-0.2, -0.15) is 15.0 Å². The Kier molecular flexibility index (Phi) is 4.96. The van der Waals surface area contributed by atoms with Crippen LogP contribution in [0.2, 0.25) is 0 Å². The minimum absolute atomic E-state index is 0.0593. The number of fused-ring (bicyclic) bond motifs is 10. The van der Waals surface area contributed by atoms with Crippen molar-refractivity contribution in [3.8, 4) is 23.3 Å². The average molecular weight is 787 g/mol. The van der Waals surface area contributed by atoms with Gasteiger partial charge in [-0.3, -0.25) is 9.13 Å². The molecule has 0 saturated heterocycles. The molecule has 2 bridgehead atoms. The quantitative estimate of drug-likeness (QED) is 0.129. The highest BCUT2D eigenvalue weighted by Crippen LogP contribution is 2.38. The van der Waals surface area contributed by atoms with E-state index in [1.165, 1.54) is 12.1 Å². The number of hydrogen-bond donors (Lipinski definition) is 0. The monoisotopic (exact) mass is 786 g/mol. The molecule has 0 radical (unpaired) electrons. The Labute approximate surface area is 363 Å². The third-order valence-corrected chi connectivity index (χ3v) is 15.6.